The van der Waals surface area contributed by atoms with Crippen LogP contribution in [0.2, 0.25) is 0 Å². The number of amides is 1. The maximum Gasteiger partial charge on any atom is 0.229 e. The quantitative estimate of drug-likeness (QED) is 0.839. The predicted molar refractivity (Wildman–Crippen MR) is 81.2 cm³/mol. The van der Waals surface area contributed by atoms with E-state index in [-0.39, 0.29) is 0 Å². The minimum absolute atomic E-state index is 0.344. The molecule has 0 aromatic carbocycles. The summed E-state index contributed by atoms with van der Waals surface area (Å²) < 4.78 is 5.31. The normalized spacial score (nSPS) is 23.5. The summed E-state index contributed by atoms with van der Waals surface area (Å²) in [4.78, 5) is 18.8. The van der Waals surface area contributed by atoms with Crippen LogP contribution in [-0.2, 0) is 11.2 Å². The fourth-order valence-electron chi connectivity index (χ4n) is 3.55. The number of likely N-dealkylation sites (tertiary alicyclic amines) is 1. The van der Waals surface area contributed by atoms with Gasteiger partial charge in [-0.05, 0) is 50.9 Å². The molecule has 1 amide bonds. The van der Waals surface area contributed by atoms with Crippen molar-refractivity contribution in [3.8, 4) is 0 Å². The Labute approximate surface area is 131 Å². The van der Waals surface area contributed by atoms with Gasteiger partial charge in [0.15, 0.2) is 5.82 Å². The zero-order chi connectivity index (χ0) is 14.9. The van der Waals surface area contributed by atoms with Crippen molar-refractivity contribution < 1.29 is 9.32 Å². The average molecular weight is 303 g/mol. The van der Waals surface area contributed by atoms with Crippen molar-refractivity contribution in [3.05, 3.63) is 11.7 Å². The summed E-state index contributed by atoms with van der Waals surface area (Å²) in [6, 6.07) is 0. The van der Waals surface area contributed by atoms with Crippen LogP contribution in [0.25, 0.3) is 0 Å². The molecular formula is C17H25N3O2. The van der Waals surface area contributed by atoms with Crippen LogP contribution in [0.3, 0.4) is 0 Å². The van der Waals surface area contributed by atoms with E-state index in [0.29, 0.717) is 23.7 Å². The van der Waals surface area contributed by atoms with Crippen LogP contribution in [0.5, 0.6) is 0 Å². The zero-order valence-corrected chi connectivity index (χ0v) is 13.2. The maximum absolute atomic E-state index is 12.2. The topological polar surface area (TPSA) is 59.2 Å². The lowest BCUT2D eigenvalue weighted by Gasteiger charge is -2.36. The second-order valence-corrected chi connectivity index (χ2v) is 7.26. The highest BCUT2D eigenvalue weighted by Crippen LogP contribution is 2.39. The van der Waals surface area contributed by atoms with E-state index < -0.39 is 0 Å². The summed E-state index contributed by atoms with van der Waals surface area (Å²) in [6.45, 7) is 1.89. The minimum atomic E-state index is 0.344. The Morgan fingerprint density at radius 3 is 2.55 bits per heavy atom. The third kappa shape index (κ3) is 3.03. The molecule has 1 aromatic heterocycles. The highest BCUT2D eigenvalue weighted by Gasteiger charge is 2.32. The molecule has 5 heteroatoms. The smallest absolute Gasteiger partial charge is 0.229 e. The number of aromatic nitrogens is 2. The maximum atomic E-state index is 12.2. The van der Waals surface area contributed by atoms with Crippen LogP contribution >= 0.6 is 0 Å². The molecule has 4 rings (SSSR count). The first kappa shape index (κ1) is 14.2. The van der Waals surface area contributed by atoms with Gasteiger partial charge in [-0.2, -0.15) is 4.98 Å². The first-order chi connectivity index (χ1) is 10.8. The number of hydrogen-bond donors (Lipinski definition) is 0. The first-order valence-electron chi connectivity index (χ1n) is 8.91. The number of nitrogens with zero attached hydrogens (tertiary/aromatic N) is 3. The number of carbonyl (C=O) groups excluding carboxylic acids is 1. The van der Waals surface area contributed by atoms with E-state index in [9.17, 15) is 4.79 Å². The summed E-state index contributed by atoms with van der Waals surface area (Å²) in [6.07, 6.45) is 10.2. The van der Waals surface area contributed by atoms with Gasteiger partial charge in [0.2, 0.25) is 11.8 Å². The molecule has 0 N–H and O–H groups in total. The summed E-state index contributed by atoms with van der Waals surface area (Å²) >= 11 is 0. The number of carbonyl (C=O) groups is 1. The standard InChI is InChI=1S/C17H25N3O2/c21-17(14-2-1-3-14)20-10-8-12(9-11-20)4-7-15-18-16(22-19-15)13-5-6-13/h12-14H,1-11H2. The average Bonchev–Trinajstić information content (AvgIpc) is 3.23. The Kier molecular flexibility index (Phi) is 3.89. The molecule has 2 saturated carbocycles. The second-order valence-electron chi connectivity index (χ2n) is 7.26. The fourth-order valence-corrected chi connectivity index (χ4v) is 3.55. The van der Waals surface area contributed by atoms with E-state index in [2.05, 4.69) is 15.0 Å². The van der Waals surface area contributed by atoms with Crippen molar-refractivity contribution in [2.45, 2.75) is 63.7 Å². The van der Waals surface area contributed by atoms with Crippen molar-refractivity contribution in [1.29, 1.82) is 0 Å². The van der Waals surface area contributed by atoms with Gasteiger partial charge in [-0.15, -0.1) is 0 Å². The van der Waals surface area contributed by atoms with Crippen molar-refractivity contribution in [2.24, 2.45) is 11.8 Å². The molecule has 0 atom stereocenters. The summed E-state index contributed by atoms with van der Waals surface area (Å²) in [5.41, 5.74) is 0. The van der Waals surface area contributed by atoms with Gasteiger partial charge in [0.1, 0.15) is 0 Å². The minimum Gasteiger partial charge on any atom is -0.342 e. The van der Waals surface area contributed by atoms with E-state index in [1.54, 1.807) is 0 Å². The van der Waals surface area contributed by atoms with E-state index in [1.165, 1.54) is 19.3 Å². The van der Waals surface area contributed by atoms with Crippen LogP contribution in [-0.4, -0.2) is 34.0 Å². The van der Waals surface area contributed by atoms with Gasteiger partial charge in [-0.25, -0.2) is 0 Å². The molecule has 1 aliphatic heterocycles. The van der Waals surface area contributed by atoms with Gasteiger partial charge < -0.3 is 9.42 Å². The van der Waals surface area contributed by atoms with Gasteiger partial charge in [0, 0.05) is 31.3 Å². The molecule has 0 spiro atoms. The lowest BCUT2D eigenvalue weighted by Crippen LogP contribution is -2.43. The molecule has 2 aliphatic carbocycles. The summed E-state index contributed by atoms with van der Waals surface area (Å²) in [5, 5.41) is 4.10. The highest BCUT2D eigenvalue weighted by molar-refractivity contribution is 5.79. The first-order valence-corrected chi connectivity index (χ1v) is 8.91. The molecule has 1 aromatic rings. The van der Waals surface area contributed by atoms with E-state index in [1.807, 2.05) is 0 Å². The van der Waals surface area contributed by atoms with Gasteiger partial charge in [0.25, 0.3) is 0 Å². The third-order valence-corrected chi connectivity index (χ3v) is 5.57. The van der Waals surface area contributed by atoms with Crippen LogP contribution in [0.15, 0.2) is 4.52 Å². The molecule has 3 fully saturated rings. The highest BCUT2D eigenvalue weighted by atomic mass is 16.5. The van der Waals surface area contributed by atoms with Gasteiger partial charge in [-0.1, -0.05) is 11.6 Å². The molecule has 22 heavy (non-hydrogen) atoms. The van der Waals surface area contributed by atoms with Gasteiger partial charge in [0.05, 0.1) is 0 Å². The Morgan fingerprint density at radius 2 is 1.91 bits per heavy atom. The van der Waals surface area contributed by atoms with Crippen LogP contribution < -0.4 is 0 Å². The molecule has 120 valence electrons. The van der Waals surface area contributed by atoms with Crippen molar-refractivity contribution in [1.82, 2.24) is 15.0 Å². The molecule has 0 bridgehead atoms. The molecule has 3 aliphatic rings. The Morgan fingerprint density at radius 1 is 1.14 bits per heavy atom. The van der Waals surface area contributed by atoms with E-state index >= 15 is 0 Å². The van der Waals surface area contributed by atoms with Crippen molar-refractivity contribution >= 4 is 5.91 Å². The lowest BCUT2D eigenvalue weighted by molar-refractivity contribution is -0.139. The van der Waals surface area contributed by atoms with Crippen molar-refractivity contribution in [3.63, 3.8) is 0 Å². The number of hydrogen-bond acceptors (Lipinski definition) is 4. The number of piperidine rings is 1. The van der Waals surface area contributed by atoms with Crippen LogP contribution in [0, 0.1) is 11.8 Å². The largest absolute Gasteiger partial charge is 0.342 e. The Hall–Kier alpha value is -1.39. The zero-order valence-electron chi connectivity index (χ0n) is 13.2. The monoisotopic (exact) mass is 303 g/mol. The fraction of sp³-hybridized carbons (Fsp3) is 0.824. The predicted octanol–water partition coefficient (Wildman–Crippen LogP) is 2.92. The SMILES string of the molecule is O=C(C1CCC1)N1CCC(CCc2noc(C3CC3)n2)CC1. The third-order valence-electron chi connectivity index (χ3n) is 5.57. The Balaban J connectivity index is 1.20. The van der Waals surface area contributed by atoms with Crippen molar-refractivity contribution in [2.75, 3.05) is 13.1 Å². The summed E-state index contributed by atoms with van der Waals surface area (Å²) in [5.74, 6) is 3.72. The van der Waals surface area contributed by atoms with Crippen LogP contribution in [0.4, 0.5) is 0 Å². The molecule has 5 nitrogen and oxygen atoms in total. The lowest BCUT2D eigenvalue weighted by atomic mass is 9.83. The second kappa shape index (κ2) is 6.01. The molecular weight excluding hydrogens is 278 g/mol. The van der Waals surface area contributed by atoms with Gasteiger partial charge in [-0.3, -0.25) is 4.79 Å². The molecule has 1 saturated heterocycles. The molecule has 2 heterocycles. The van der Waals surface area contributed by atoms with Gasteiger partial charge >= 0.3 is 0 Å². The van der Waals surface area contributed by atoms with Crippen LogP contribution in [0.1, 0.15) is 69.0 Å². The molecule has 0 radical (unpaired) electrons. The van der Waals surface area contributed by atoms with E-state index in [0.717, 1.165) is 63.3 Å². The number of rotatable bonds is 5. The molecule has 0 unspecified atom stereocenters. The Bertz CT molecular complexity index is 526. The van der Waals surface area contributed by atoms with E-state index in [4.69, 9.17) is 4.52 Å². The number of aryl methyl sites for hydroxylation is 1. The summed E-state index contributed by atoms with van der Waals surface area (Å²) in [7, 11) is 0.